The monoisotopic (exact) mass is 308 g/mol. The third kappa shape index (κ3) is 3.39. The Bertz CT molecular complexity index is 660. The normalized spacial score (nSPS) is 15.2. The molecule has 2 N–H and O–H groups in total. The molecule has 1 saturated carbocycles. The summed E-state index contributed by atoms with van der Waals surface area (Å²) in [6, 6.07) is 11.1. The summed E-state index contributed by atoms with van der Waals surface area (Å²) in [5.41, 5.74) is 0.920. The number of hydrogen-bond acceptors (Lipinski definition) is 4. The van der Waals surface area contributed by atoms with Gasteiger partial charge >= 0.3 is 0 Å². The van der Waals surface area contributed by atoms with Gasteiger partial charge in [0.05, 0.1) is 4.90 Å². The largest absolute Gasteiger partial charge is 0.380 e. The Kier molecular flexibility index (Phi) is 3.78. The van der Waals surface area contributed by atoms with Crippen LogP contribution in [0.1, 0.15) is 17.7 Å². The summed E-state index contributed by atoms with van der Waals surface area (Å²) in [6.07, 6.45) is 1.89. The third-order valence-corrected chi connectivity index (χ3v) is 5.52. The molecule has 1 fully saturated rings. The highest BCUT2D eigenvalue weighted by atomic mass is 32.2. The van der Waals surface area contributed by atoms with Crippen LogP contribution >= 0.6 is 11.3 Å². The summed E-state index contributed by atoms with van der Waals surface area (Å²) in [6.45, 7) is 0.754. The summed E-state index contributed by atoms with van der Waals surface area (Å²) in [5.74, 6) is 0. The van der Waals surface area contributed by atoms with Crippen LogP contribution in [-0.4, -0.2) is 14.5 Å². The maximum absolute atomic E-state index is 12.0. The topological polar surface area (TPSA) is 58.2 Å². The highest BCUT2D eigenvalue weighted by molar-refractivity contribution is 7.89. The van der Waals surface area contributed by atoms with Crippen LogP contribution in [0.5, 0.6) is 0 Å². The van der Waals surface area contributed by atoms with Gasteiger partial charge in [-0.2, -0.15) is 0 Å². The minimum Gasteiger partial charge on any atom is -0.380 e. The Morgan fingerprint density at radius 1 is 1.15 bits per heavy atom. The molecule has 6 heteroatoms. The molecule has 0 spiro atoms. The van der Waals surface area contributed by atoms with E-state index in [9.17, 15) is 8.42 Å². The first-order chi connectivity index (χ1) is 9.63. The highest BCUT2D eigenvalue weighted by Crippen LogP contribution is 2.23. The predicted octanol–water partition coefficient (Wildman–Crippen LogP) is 2.80. The van der Waals surface area contributed by atoms with E-state index in [1.165, 1.54) is 4.88 Å². The lowest BCUT2D eigenvalue weighted by Crippen LogP contribution is -2.25. The summed E-state index contributed by atoms with van der Waals surface area (Å²) in [4.78, 5) is 1.57. The second kappa shape index (κ2) is 5.55. The van der Waals surface area contributed by atoms with E-state index in [-0.39, 0.29) is 6.04 Å². The zero-order chi connectivity index (χ0) is 14.0. The number of benzene rings is 1. The van der Waals surface area contributed by atoms with Crippen molar-refractivity contribution >= 4 is 27.0 Å². The molecule has 0 unspecified atom stereocenters. The van der Waals surface area contributed by atoms with E-state index < -0.39 is 10.0 Å². The molecule has 1 heterocycles. The van der Waals surface area contributed by atoms with Gasteiger partial charge in [0.1, 0.15) is 0 Å². The molecule has 0 atom stereocenters. The van der Waals surface area contributed by atoms with Crippen molar-refractivity contribution in [2.45, 2.75) is 30.3 Å². The van der Waals surface area contributed by atoms with E-state index in [4.69, 9.17) is 0 Å². The van der Waals surface area contributed by atoms with Gasteiger partial charge in [0.15, 0.2) is 0 Å². The van der Waals surface area contributed by atoms with Crippen molar-refractivity contribution in [3.8, 4) is 0 Å². The van der Waals surface area contributed by atoms with Crippen molar-refractivity contribution in [3.05, 3.63) is 46.7 Å². The number of nitrogens with one attached hydrogen (secondary N) is 2. The lowest BCUT2D eigenvalue weighted by molar-refractivity contribution is 0.581. The molecule has 3 rings (SSSR count). The number of anilines is 1. The zero-order valence-electron chi connectivity index (χ0n) is 10.9. The van der Waals surface area contributed by atoms with Crippen molar-refractivity contribution in [1.29, 1.82) is 0 Å². The van der Waals surface area contributed by atoms with Gasteiger partial charge in [-0.1, -0.05) is 6.07 Å². The average molecular weight is 308 g/mol. The molecule has 2 aromatic rings. The molecule has 1 aromatic heterocycles. The molecule has 106 valence electrons. The third-order valence-electron chi connectivity index (χ3n) is 3.11. The van der Waals surface area contributed by atoms with Gasteiger partial charge in [0.25, 0.3) is 0 Å². The Balaban J connectivity index is 1.64. The quantitative estimate of drug-likeness (QED) is 0.863. The van der Waals surface area contributed by atoms with Gasteiger partial charge in [0.2, 0.25) is 10.0 Å². The van der Waals surface area contributed by atoms with Crippen molar-refractivity contribution in [2.24, 2.45) is 0 Å². The maximum Gasteiger partial charge on any atom is 0.240 e. The smallest absolute Gasteiger partial charge is 0.240 e. The Labute approximate surface area is 122 Å². The molecule has 0 radical (unpaired) electrons. The summed E-state index contributed by atoms with van der Waals surface area (Å²) in [5, 5.41) is 5.31. The van der Waals surface area contributed by atoms with Crippen molar-refractivity contribution < 1.29 is 8.42 Å². The van der Waals surface area contributed by atoms with Crippen molar-refractivity contribution in [1.82, 2.24) is 4.72 Å². The lowest BCUT2D eigenvalue weighted by Gasteiger charge is -2.08. The molecule has 1 aliphatic rings. The van der Waals surface area contributed by atoms with Crippen LogP contribution in [0.25, 0.3) is 0 Å². The second-order valence-corrected chi connectivity index (χ2v) is 7.60. The van der Waals surface area contributed by atoms with Crippen LogP contribution < -0.4 is 10.0 Å². The van der Waals surface area contributed by atoms with Gasteiger partial charge < -0.3 is 5.32 Å². The van der Waals surface area contributed by atoms with Gasteiger partial charge in [-0.15, -0.1) is 11.3 Å². The van der Waals surface area contributed by atoms with Crippen LogP contribution in [0.4, 0.5) is 5.69 Å². The van der Waals surface area contributed by atoms with Crippen LogP contribution in [0.3, 0.4) is 0 Å². The Morgan fingerprint density at radius 2 is 1.90 bits per heavy atom. The molecule has 0 saturated heterocycles. The van der Waals surface area contributed by atoms with Crippen LogP contribution in [0, 0.1) is 0 Å². The standard InChI is InChI=1S/C14H16N2O2S2/c17-20(18,16-12-3-4-12)14-7-5-11(6-8-14)15-10-13-2-1-9-19-13/h1-2,5-9,12,15-16H,3-4,10H2. The van der Waals surface area contributed by atoms with Gasteiger partial charge in [0, 0.05) is 23.2 Å². The predicted molar refractivity (Wildman–Crippen MR) is 81.4 cm³/mol. The van der Waals surface area contributed by atoms with Gasteiger partial charge in [-0.05, 0) is 48.6 Å². The number of hydrogen-bond donors (Lipinski definition) is 2. The zero-order valence-corrected chi connectivity index (χ0v) is 12.5. The molecule has 0 aliphatic heterocycles. The molecule has 1 aliphatic carbocycles. The van der Waals surface area contributed by atoms with Gasteiger partial charge in [-0.3, -0.25) is 0 Å². The van der Waals surface area contributed by atoms with E-state index in [0.717, 1.165) is 25.1 Å². The van der Waals surface area contributed by atoms with Crippen LogP contribution in [0.15, 0.2) is 46.7 Å². The fraction of sp³-hybridized carbons (Fsp3) is 0.286. The summed E-state index contributed by atoms with van der Waals surface area (Å²) >= 11 is 1.69. The Morgan fingerprint density at radius 3 is 2.50 bits per heavy atom. The maximum atomic E-state index is 12.0. The number of thiophene rings is 1. The van der Waals surface area contributed by atoms with E-state index in [1.54, 1.807) is 35.6 Å². The second-order valence-electron chi connectivity index (χ2n) is 4.85. The molecule has 20 heavy (non-hydrogen) atoms. The van der Waals surface area contributed by atoms with Gasteiger partial charge in [-0.25, -0.2) is 13.1 Å². The van der Waals surface area contributed by atoms with E-state index in [2.05, 4.69) is 16.1 Å². The van der Waals surface area contributed by atoms with Crippen molar-refractivity contribution in [2.75, 3.05) is 5.32 Å². The SMILES string of the molecule is O=S(=O)(NC1CC1)c1ccc(NCc2cccs2)cc1. The Hall–Kier alpha value is -1.37. The van der Waals surface area contributed by atoms with Crippen LogP contribution in [-0.2, 0) is 16.6 Å². The highest BCUT2D eigenvalue weighted by Gasteiger charge is 2.27. The molecule has 4 nitrogen and oxygen atoms in total. The fourth-order valence-corrected chi connectivity index (χ4v) is 3.79. The first kappa shape index (κ1) is 13.6. The molecule has 0 bridgehead atoms. The lowest BCUT2D eigenvalue weighted by atomic mass is 10.3. The molecule has 1 aromatic carbocycles. The number of rotatable bonds is 6. The average Bonchev–Trinajstić information content (AvgIpc) is 3.08. The minimum atomic E-state index is -3.35. The summed E-state index contributed by atoms with van der Waals surface area (Å²) in [7, 11) is -3.35. The molecular formula is C14H16N2O2S2. The van der Waals surface area contributed by atoms with Crippen molar-refractivity contribution in [3.63, 3.8) is 0 Å². The van der Waals surface area contributed by atoms with E-state index in [0.29, 0.717) is 4.90 Å². The van der Waals surface area contributed by atoms with E-state index in [1.807, 2.05) is 11.4 Å². The first-order valence-corrected chi connectivity index (χ1v) is 8.88. The van der Waals surface area contributed by atoms with E-state index >= 15 is 0 Å². The first-order valence-electron chi connectivity index (χ1n) is 6.52. The summed E-state index contributed by atoms with van der Waals surface area (Å²) < 4.78 is 26.7. The number of sulfonamides is 1. The minimum absolute atomic E-state index is 0.136. The fourth-order valence-electron chi connectivity index (χ4n) is 1.84. The molecule has 0 amide bonds. The van der Waals surface area contributed by atoms with Crippen LogP contribution in [0.2, 0.25) is 0 Å². The molecular weight excluding hydrogens is 292 g/mol.